The van der Waals surface area contributed by atoms with Crippen molar-refractivity contribution in [2.45, 2.75) is 50.2 Å². The second-order valence-electron chi connectivity index (χ2n) is 8.47. The summed E-state index contributed by atoms with van der Waals surface area (Å²) in [6.07, 6.45) is 5.87. The van der Waals surface area contributed by atoms with Crippen LogP contribution >= 0.6 is 11.8 Å². The summed E-state index contributed by atoms with van der Waals surface area (Å²) >= 11 is 1.49. The summed E-state index contributed by atoms with van der Waals surface area (Å²) in [6, 6.07) is 4.60. The van der Waals surface area contributed by atoms with E-state index in [-0.39, 0.29) is 13.0 Å². The Labute approximate surface area is 214 Å². The maximum atomic E-state index is 13.0. The van der Waals surface area contributed by atoms with Gasteiger partial charge in [-0.05, 0) is 49.4 Å². The molecule has 3 amide bonds. The second kappa shape index (κ2) is 15.1. The van der Waals surface area contributed by atoms with Gasteiger partial charge in [0, 0.05) is 23.5 Å². The lowest BCUT2D eigenvalue weighted by molar-refractivity contribution is -0.142. The molecular weight excluding hydrogens is 484 g/mol. The minimum absolute atomic E-state index is 0.0758. The van der Waals surface area contributed by atoms with Crippen LogP contribution in [0.2, 0.25) is 0 Å². The topological polar surface area (TPSA) is 192 Å². The molecule has 2 aromatic rings. The molecule has 0 saturated carbocycles. The Morgan fingerprint density at radius 2 is 1.81 bits per heavy atom. The maximum Gasteiger partial charge on any atom is 0.326 e. The van der Waals surface area contributed by atoms with Gasteiger partial charge < -0.3 is 37.5 Å². The molecule has 0 fully saturated rings. The van der Waals surface area contributed by atoms with Crippen molar-refractivity contribution in [1.82, 2.24) is 20.9 Å². The van der Waals surface area contributed by atoms with Crippen LogP contribution in [0.1, 0.15) is 31.2 Å². The summed E-state index contributed by atoms with van der Waals surface area (Å²) in [5.74, 6) is -2.25. The van der Waals surface area contributed by atoms with Crippen LogP contribution in [0.15, 0.2) is 30.5 Å². The van der Waals surface area contributed by atoms with Crippen molar-refractivity contribution < 1.29 is 24.3 Å². The Hall–Kier alpha value is -3.09. The summed E-state index contributed by atoms with van der Waals surface area (Å²) in [7, 11) is 0. The number of aromatic nitrogens is 1. The third kappa shape index (κ3) is 9.17. The Morgan fingerprint density at radius 3 is 2.50 bits per heavy atom. The molecule has 3 unspecified atom stereocenters. The van der Waals surface area contributed by atoms with E-state index in [0.29, 0.717) is 31.6 Å². The van der Waals surface area contributed by atoms with Crippen molar-refractivity contribution in [2.75, 3.05) is 25.1 Å². The highest BCUT2D eigenvalue weighted by Gasteiger charge is 2.27. The lowest BCUT2D eigenvalue weighted by Gasteiger charge is -2.21. The van der Waals surface area contributed by atoms with E-state index in [1.165, 1.54) is 11.8 Å². The molecule has 1 heterocycles. The number of amides is 3. The van der Waals surface area contributed by atoms with Gasteiger partial charge in [0.2, 0.25) is 17.7 Å². The van der Waals surface area contributed by atoms with Crippen LogP contribution in [-0.4, -0.2) is 77.0 Å². The molecule has 36 heavy (non-hydrogen) atoms. The lowest BCUT2D eigenvalue weighted by atomic mass is 10.0. The van der Waals surface area contributed by atoms with E-state index in [9.17, 15) is 24.3 Å². The molecule has 9 N–H and O–H groups in total. The molecule has 0 spiro atoms. The fraction of sp³-hybridized carbons (Fsp3) is 0.500. The van der Waals surface area contributed by atoms with Crippen LogP contribution in [0.5, 0.6) is 0 Å². The van der Waals surface area contributed by atoms with E-state index in [4.69, 9.17) is 11.5 Å². The van der Waals surface area contributed by atoms with Crippen molar-refractivity contribution in [3.05, 3.63) is 36.0 Å². The van der Waals surface area contributed by atoms with Gasteiger partial charge in [-0.2, -0.15) is 11.8 Å². The molecule has 0 bridgehead atoms. The predicted octanol–water partition coefficient (Wildman–Crippen LogP) is 0.0902. The number of carbonyl (C=O) groups excluding carboxylic acids is 3. The van der Waals surface area contributed by atoms with E-state index in [0.717, 1.165) is 22.9 Å². The Bertz CT molecular complexity index is 1030. The standard InChI is InChI=1S/C24H36N6O5S/c1-36-11-9-19(29-21(31)14-28-22(32)17(26)7-4-5-10-25)23(33)30-20(24(34)35)12-15-13-27-18-8-3-2-6-16(15)18/h2-3,6,8,13,17,19-20,27H,4-5,7,9-12,14,25-26H2,1H3,(H,28,32)(H,29,31)(H,30,33)(H,34,35). The van der Waals surface area contributed by atoms with E-state index in [2.05, 4.69) is 20.9 Å². The smallest absolute Gasteiger partial charge is 0.326 e. The number of carboxylic acid groups (broad SMARTS) is 1. The highest BCUT2D eigenvalue weighted by atomic mass is 32.2. The molecule has 1 aromatic carbocycles. The zero-order valence-corrected chi connectivity index (χ0v) is 21.2. The van der Waals surface area contributed by atoms with Crippen molar-refractivity contribution in [1.29, 1.82) is 0 Å². The van der Waals surface area contributed by atoms with E-state index < -0.39 is 41.8 Å². The molecule has 3 atom stereocenters. The minimum Gasteiger partial charge on any atom is -0.480 e. The molecule has 12 heteroatoms. The number of para-hydroxylation sites is 1. The number of nitrogens with two attached hydrogens (primary N) is 2. The number of benzene rings is 1. The van der Waals surface area contributed by atoms with Crippen LogP contribution in [0.4, 0.5) is 0 Å². The summed E-state index contributed by atoms with van der Waals surface area (Å²) < 4.78 is 0. The number of unbranched alkanes of at least 4 members (excludes halogenated alkanes) is 1. The zero-order chi connectivity index (χ0) is 26.5. The van der Waals surface area contributed by atoms with Gasteiger partial charge in [-0.25, -0.2) is 4.79 Å². The number of carbonyl (C=O) groups is 4. The van der Waals surface area contributed by atoms with Crippen LogP contribution in [0.25, 0.3) is 10.9 Å². The van der Waals surface area contributed by atoms with Crippen molar-refractivity contribution in [3.8, 4) is 0 Å². The lowest BCUT2D eigenvalue weighted by Crippen LogP contribution is -2.54. The summed E-state index contributed by atoms with van der Waals surface area (Å²) in [5, 5.41) is 18.2. The zero-order valence-electron chi connectivity index (χ0n) is 20.4. The Kier molecular flexibility index (Phi) is 12.2. The molecule has 0 radical (unpaired) electrons. The van der Waals surface area contributed by atoms with Gasteiger partial charge in [-0.3, -0.25) is 14.4 Å². The third-order valence-electron chi connectivity index (χ3n) is 5.71. The van der Waals surface area contributed by atoms with Crippen molar-refractivity contribution in [2.24, 2.45) is 11.5 Å². The number of hydrogen-bond donors (Lipinski definition) is 7. The number of aromatic amines is 1. The van der Waals surface area contributed by atoms with Crippen LogP contribution in [0.3, 0.4) is 0 Å². The Morgan fingerprint density at radius 1 is 1.06 bits per heavy atom. The van der Waals surface area contributed by atoms with Gasteiger partial charge >= 0.3 is 5.97 Å². The van der Waals surface area contributed by atoms with Gasteiger partial charge in [0.1, 0.15) is 12.1 Å². The predicted molar refractivity (Wildman–Crippen MR) is 140 cm³/mol. The number of carboxylic acids is 1. The van der Waals surface area contributed by atoms with Gasteiger partial charge in [0.05, 0.1) is 12.6 Å². The van der Waals surface area contributed by atoms with Gasteiger partial charge in [-0.15, -0.1) is 0 Å². The molecular formula is C24H36N6O5S. The molecule has 0 aliphatic rings. The number of hydrogen-bond acceptors (Lipinski definition) is 7. The van der Waals surface area contributed by atoms with Crippen LogP contribution < -0.4 is 27.4 Å². The fourth-order valence-corrected chi connectivity index (χ4v) is 4.15. The fourth-order valence-electron chi connectivity index (χ4n) is 3.68. The highest BCUT2D eigenvalue weighted by Crippen LogP contribution is 2.19. The maximum absolute atomic E-state index is 13.0. The average Bonchev–Trinajstić information content (AvgIpc) is 3.27. The first-order valence-corrected chi connectivity index (χ1v) is 13.3. The number of nitrogens with one attached hydrogen (secondary N) is 4. The van der Waals surface area contributed by atoms with Gasteiger partial charge in [0.15, 0.2) is 0 Å². The minimum atomic E-state index is -1.18. The quantitative estimate of drug-likeness (QED) is 0.151. The molecule has 11 nitrogen and oxygen atoms in total. The first-order chi connectivity index (χ1) is 17.3. The molecule has 198 valence electrons. The molecule has 1 aromatic heterocycles. The molecule has 0 aliphatic heterocycles. The van der Waals surface area contributed by atoms with Crippen LogP contribution in [0, 0.1) is 0 Å². The van der Waals surface area contributed by atoms with Crippen LogP contribution in [-0.2, 0) is 25.6 Å². The highest BCUT2D eigenvalue weighted by molar-refractivity contribution is 7.98. The number of thioether (sulfide) groups is 1. The summed E-state index contributed by atoms with van der Waals surface area (Å²) in [4.78, 5) is 52.5. The third-order valence-corrected chi connectivity index (χ3v) is 6.35. The van der Waals surface area contributed by atoms with E-state index in [1.54, 1.807) is 6.20 Å². The number of aliphatic carboxylic acids is 1. The summed E-state index contributed by atoms with van der Waals surface area (Å²) in [6.45, 7) is 0.172. The van der Waals surface area contributed by atoms with E-state index >= 15 is 0 Å². The van der Waals surface area contributed by atoms with Gasteiger partial charge in [0.25, 0.3) is 0 Å². The molecule has 0 aliphatic carbocycles. The normalized spacial score (nSPS) is 13.5. The second-order valence-corrected chi connectivity index (χ2v) is 9.46. The van der Waals surface area contributed by atoms with Crippen molar-refractivity contribution in [3.63, 3.8) is 0 Å². The Balaban J connectivity index is 1.97. The first kappa shape index (κ1) is 29.1. The van der Waals surface area contributed by atoms with Crippen molar-refractivity contribution >= 4 is 46.4 Å². The largest absolute Gasteiger partial charge is 0.480 e. The monoisotopic (exact) mass is 520 g/mol. The van der Waals surface area contributed by atoms with Gasteiger partial charge in [-0.1, -0.05) is 24.6 Å². The first-order valence-electron chi connectivity index (χ1n) is 11.9. The summed E-state index contributed by atoms with van der Waals surface area (Å²) in [5.41, 5.74) is 12.9. The SMILES string of the molecule is CSCCC(NC(=O)CNC(=O)C(N)CCCCN)C(=O)NC(Cc1c[nH]c2ccccc12)C(=O)O. The molecule has 2 rings (SSSR count). The van der Waals surface area contributed by atoms with E-state index in [1.807, 2.05) is 30.5 Å². The number of H-pyrrole nitrogens is 1. The number of fused-ring (bicyclic) bond motifs is 1. The number of rotatable bonds is 16. The molecule has 0 saturated heterocycles. The average molecular weight is 521 g/mol.